The van der Waals surface area contributed by atoms with E-state index in [1.54, 1.807) is 6.92 Å². The summed E-state index contributed by atoms with van der Waals surface area (Å²) in [6, 6.07) is 10.1. The van der Waals surface area contributed by atoms with Crippen LogP contribution in [-0.4, -0.2) is 85.4 Å². The van der Waals surface area contributed by atoms with E-state index in [0.29, 0.717) is 17.4 Å². The minimum atomic E-state index is 0.0260. The predicted octanol–water partition coefficient (Wildman–Crippen LogP) is 1.29. The van der Waals surface area contributed by atoms with E-state index in [9.17, 15) is 9.59 Å². The first-order valence-corrected chi connectivity index (χ1v) is 10.5. The van der Waals surface area contributed by atoms with E-state index in [2.05, 4.69) is 22.2 Å². The number of hydrogen-bond donors (Lipinski definition) is 1. The van der Waals surface area contributed by atoms with Gasteiger partial charge in [0.25, 0.3) is 5.91 Å². The molecule has 1 N–H and O–H groups in total. The highest BCUT2D eigenvalue weighted by Gasteiger charge is 2.54. The Bertz CT molecular complexity index is 709. The van der Waals surface area contributed by atoms with Gasteiger partial charge in [-0.25, -0.2) is 0 Å². The Morgan fingerprint density at radius 2 is 1.79 bits per heavy atom. The van der Waals surface area contributed by atoms with Crippen LogP contribution in [-0.2, 0) is 4.79 Å². The molecule has 152 valence electrons. The first-order chi connectivity index (χ1) is 13.5. The highest BCUT2D eigenvalue weighted by molar-refractivity contribution is 5.94. The van der Waals surface area contributed by atoms with Crippen LogP contribution in [0.25, 0.3) is 0 Å². The first-order valence-electron chi connectivity index (χ1n) is 10.5. The van der Waals surface area contributed by atoms with Gasteiger partial charge in [0.2, 0.25) is 5.91 Å². The molecule has 0 radical (unpaired) electrons. The number of nitrogens with zero attached hydrogens (tertiary/aromatic N) is 3. The summed E-state index contributed by atoms with van der Waals surface area (Å²) in [6.07, 6.45) is 2.17. The number of rotatable bonds is 4. The van der Waals surface area contributed by atoms with E-state index < -0.39 is 0 Å². The summed E-state index contributed by atoms with van der Waals surface area (Å²) in [6.45, 7) is 8.59. The van der Waals surface area contributed by atoms with E-state index in [0.717, 1.165) is 64.2 Å². The molecule has 1 spiro atoms. The van der Waals surface area contributed by atoms with Crippen molar-refractivity contribution in [1.82, 2.24) is 20.0 Å². The van der Waals surface area contributed by atoms with Gasteiger partial charge in [0, 0.05) is 69.8 Å². The van der Waals surface area contributed by atoms with E-state index in [4.69, 9.17) is 0 Å². The van der Waals surface area contributed by atoms with E-state index >= 15 is 0 Å². The molecule has 6 nitrogen and oxygen atoms in total. The van der Waals surface area contributed by atoms with Crippen LogP contribution in [0.3, 0.4) is 0 Å². The van der Waals surface area contributed by atoms with Gasteiger partial charge in [-0.15, -0.1) is 0 Å². The van der Waals surface area contributed by atoms with E-state index in [-0.39, 0.29) is 11.8 Å². The molecule has 28 heavy (non-hydrogen) atoms. The van der Waals surface area contributed by atoms with Gasteiger partial charge in [0.05, 0.1) is 0 Å². The molecule has 1 aromatic rings. The van der Waals surface area contributed by atoms with Crippen molar-refractivity contribution in [2.45, 2.75) is 25.8 Å². The third-order valence-corrected chi connectivity index (χ3v) is 6.99. The number of piperidine rings is 1. The lowest BCUT2D eigenvalue weighted by Gasteiger charge is -2.55. The molecule has 2 amide bonds. The Morgan fingerprint density at radius 1 is 1.11 bits per heavy atom. The SMILES string of the molecule is CC(=O)N1CCC(N2CC3(CN(C)CC3CNC(=O)c3ccccc3)C2)CC1. The fourth-order valence-electron chi connectivity index (χ4n) is 5.41. The molecule has 6 heteroatoms. The molecule has 1 atom stereocenters. The Morgan fingerprint density at radius 3 is 2.43 bits per heavy atom. The topological polar surface area (TPSA) is 55.9 Å². The fraction of sp³-hybridized carbons (Fsp3) is 0.636. The van der Waals surface area contributed by atoms with Crippen LogP contribution >= 0.6 is 0 Å². The highest BCUT2D eigenvalue weighted by Crippen LogP contribution is 2.45. The quantitative estimate of drug-likeness (QED) is 0.850. The van der Waals surface area contributed by atoms with Crippen molar-refractivity contribution in [3.63, 3.8) is 0 Å². The molecule has 0 aromatic heterocycles. The zero-order valence-corrected chi connectivity index (χ0v) is 17.1. The fourth-order valence-corrected chi connectivity index (χ4v) is 5.41. The predicted molar refractivity (Wildman–Crippen MR) is 109 cm³/mol. The van der Waals surface area contributed by atoms with Gasteiger partial charge in [-0.05, 0) is 37.9 Å². The van der Waals surface area contributed by atoms with Crippen molar-refractivity contribution in [2.75, 3.05) is 52.9 Å². The molecule has 3 aliphatic heterocycles. The second kappa shape index (κ2) is 7.84. The normalized spacial score (nSPS) is 25.6. The van der Waals surface area contributed by atoms with Crippen molar-refractivity contribution in [3.8, 4) is 0 Å². The summed E-state index contributed by atoms with van der Waals surface area (Å²) in [4.78, 5) is 31.0. The maximum Gasteiger partial charge on any atom is 0.251 e. The number of likely N-dealkylation sites (tertiary alicyclic amines) is 3. The lowest BCUT2D eigenvalue weighted by atomic mass is 9.70. The number of nitrogens with one attached hydrogen (secondary N) is 1. The Balaban J connectivity index is 1.30. The number of carbonyl (C=O) groups is 2. The molecular weight excluding hydrogens is 352 g/mol. The van der Waals surface area contributed by atoms with Crippen molar-refractivity contribution < 1.29 is 9.59 Å². The van der Waals surface area contributed by atoms with Crippen LogP contribution in [0.15, 0.2) is 30.3 Å². The van der Waals surface area contributed by atoms with Gasteiger partial charge >= 0.3 is 0 Å². The molecule has 0 saturated carbocycles. The standard InChI is InChI=1S/C22H32N4O2/c1-17(27)25-10-8-20(9-11-25)26-15-22(16-26)14-24(2)13-19(22)12-23-21(28)18-6-4-3-5-7-18/h3-7,19-20H,8-16H2,1-2H3,(H,23,28). The minimum absolute atomic E-state index is 0.0260. The van der Waals surface area contributed by atoms with Gasteiger partial charge in [0.15, 0.2) is 0 Å². The molecule has 3 aliphatic rings. The van der Waals surface area contributed by atoms with Gasteiger partial charge in [-0.1, -0.05) is 18.2 Å². The second-order valence-corrected chi connectivity index (χ2v) is 8.97. The zero-order chi connectivity index (χ0) is 19.7. The largest absolute Gasteiger partial charge is 0.352 e. The van der Waals surface area contributed by atoms with Crippen LogP contribution in [0.2, 0.25) is 0 Å². The monoisotopic (exact) mass is 384 g/mol. The first kappa shape index (κ1) is 19.4. The van der Waals surface area contributed by atoms with Crippen molar-refractivity contribution in [2.24, 2.45) is 11.3 Å². The highest BCUT2D eigenvalue weighted by atomic mass is 16.2. The smallest absolute Gasteiger partial charge is 0.251 e. The molecule has 0 aliphatic carbocycles. The lowest BCUT2D eigenvalue weighted by molar-refractivity contribution is -0.131. The van der Waals surface area contributed by atoms with Crippen LogP contribution in [0.5, 0.6) is 0 Å². The summed E-state index contributed by atoms with van der Waals surface area (Å²) in [7, 11) is 2.19. The average Bonchev–Trinajstić information content (AvgIpc) is 3.02. The zero-order valence-electron chi connectivity index (χ0n) is 17.1. The summed E-state index contributed by atoms with van der Waals surface area (Å²) in [5.41, 5.74) is 1.03. The van der Waals surface area contributed by atoms with Gasteiger partial charge < -0.3 is 15.1 Å². The van der Waals surface area contributed by atoms with Crippen molar-refractivity contribution in [3.05, 3.63) is 35.9 Å². The van der Waals surface area contributed by atoms with Crippen LogP contribution in [0, 0.1) is 11.3 Å². The summed E-state index contributed by atoms with van der Waals surface area (Å²) in [5, 5.41) is 3.17. The van der Waals surface area contributed by atoms with Crippen LogP contribution < -0.4 is 5.32 Å². The molecule has 1 unspecified atom stereocenters. The van der Waals surface area contributed by atoms with Gasteiger partial charge in [-0.2, -0.15) is 0 Å². The number of hydrogen-bond acceptors (Lipinski definition) is 4. The molecule has 4 rings (SSSR count). The molecule has 3 fully saturated rings. The average molecular weight is 385 g/mol. The van der Waals surface area contributed by atoms with Crippen LogP contribution in [0.1, 0.15) is 30.1 Å². The molecule has 3 heterocycles. The van der Waals surface area contributed by atoms with Gasteiger partial charge in [0.1, 0.15) is 0 Å². The third kappa shape index (κ3) is 3.80. The lowest BCUT2D eigenvalue weighted by Crippen LogP contribution is -2.65. The molecular formula is C22H32N4O2. The Kier molecular flexibility index (Phi) is 5.43. The summed E-state index contributed by atoms with van der Waals surface area (Å²) in [5.74, 6) is 0.724. The van der Waals surface area contributed by atoms with E-state index in [1.165, 1.54) is 0 Å². The van der Waals surface area contributed by atoms with Crippen molar-refractivity contribution in [1.29, 1.82) is 0 Å². The molecule has 3 saturated heterocycles. The van der Waals surface area contributed by atoms with Crippen LogP contribution in [0.4, 0.5) is 0 Å². The summed E-state index contributed by atoms with van der Waals surface area (Å²) >= 11 is 0. The molecule has 1 aromatic carbocycles. The number of benzene rings is 1. The Hall–Kier alpha value is -1.92. The maximum atomic E-state index is 12.4. The minimum Gasteiger partial charge on any atom is -0.352 e. The molecule has 0 bridgehead atoms. The second-order valence-electron chi connectivity index (χ2n) is 8.97. The Labute approximate surface area is 167 Å². The number of carbonyl (C=O) groups excluding carboxylic acids is 2. The summed E-state index contributed by atoms with van der Waals surface area (Å²) < 4.78 is 0. The maximum absolute atomic E-state index is 12.4. The number of amides is 2. The third-order valence-electron chi connectivity index (χ3n) is 6.99. The van der Waals surface area contributed by atoms with Gasteiger partial charge in [-0.3, -0.25) is 14.5 Å². The van der Waals surface area contributed by atoms with E-state index in [1.807, 2.05) is 35.2 Å². The van der Waals surface area contributed by atoms with Crippen molar-refractivity contribution >= 4 is 11.8 Å².